The van der Waals surface area contributed by atoms with Crippen LogP contribution in [0.3, 0.4) is 0 Å². The number of hydrogen-bond acceptors (Lipinski definition) is 5. The number of ether oxygens (including phenoxy) is 1. The van der Waals surface area contributed by atoms with Crippen LogP contribution in [0, 0.1) is 0 Å². The highest BCUT2D eigenvalue weighted by molar-refractivity contribution is 6.31. The fourth-order valence-corrected chi connectivity index (χ4v) is 1.79. The quantitative estimate of drug-likeness (QED) is 0.931. The van der Waals surface area contributed by atoms with Crippen LogP contribution in [0.1, 0.15) is 5.56 Å². The van der Waals surface area contributed by atoms with Gasteiger partial charge in [0.1, 0.15) is 5.75 Å². The average molecular weight is 279 g/mol. The van der Waals surface area contributed by atoms with E-state index in [0.29, 0.717) is 29.1 Å². The SMILES string of the molecule is CN(C)c1nccc(Oc2cccc(Cl)c2CN)n1. The van der Waals surface area contributed by atoms with Gasteiger partial charge < -0.3 is 15.4 Å². The number of halogens is 1. The monoisotopic (exact) mass is 278 g/mol. The summed E-state index contributed by atoms with van der Waals surface area (Å²) in [4.78, 5) is 10.2. The summed E-state index contributed by atoms with van der Waals surface area (Å²) < 4.78 is 5.73. The van der Waals surface area contributed by atoms with E-state index < -0.39 is 0 Å². The van der Waals surface area contributed by atoms with E-state index >= 15 is 0 Å². The van der Waals surface area contributed by atoms with Crippen molar-refractivity contribution in [2.75, 3.05) is 19.0 Å². The molecule has 0 aliphatic rings. The number of nitrogens with two attached hydrogens (primary N) is 1. The first-order valence-corrected chi connectivity index (χ1v) is 6.15. The van der Waals surface area contributed by atoms with Gasteiger partial charge >= 0.3 is 0 Å². The third kappa shape index (κ3) is 3.13. The lowest BCUT2D eigenvalue weighted by Gasteiger charge is -2.13. The predicted molar refractivity (Wildman–Crippen MR) is 75.8 cm³/mol. The molecule has 0 aliphatic carbocycles. The van der Waals surface area contributed by atoms with Gasteiger partial charge in [-0.05, 0) is 12.1 Å². The first-order chi connectivity index (χ1) is 9.11. The molecule has 1 heterocycles. The molecule has 19 heavy (non-hydrogen) atoms. The summed E-state index contributed by atoms with van der Waals surface area (Å²) in [6, 6.07) is 7.09. The Bertz CT molecular complexity index is 574. The minimum Gasteiger partial charge on any atom is -0.438 e. The van der Waals surface area contributed by atoms with Gasteiger partial charge in [0.05, 0.1) is 0 Å². The maximum Gasteiger partial charge on any atom is 0.228 e. The molecule has 0 fully saturated rings. The second-order valence-electron chi connectivity index (χ2n) is 4.11. The Morgan fingerprint density at radius 2 is 2.11 bits per heavy atom. The van der Waals surface area contributed by atoms with Gasteiger partial charge in [0.15, 0.2) is 0 Å². The third-order valence-electron chi connectivity index (χ3n) is 2.51. The van der Waals surface area contributed by atoms with Gasteiger partial charge in [-0.2, -0.15) is 4.98 Å². The van der Waals surface area contributed by atoms with Crippen LogP contribution >= 0.6 is 11.6 Å². The Kier molecular flexibility index (Phi) is 4.19. The topological polar surface area (TPSA) is 64.3 Å². The van der Waals surface area contributed by atoms with E-state index in [1.165, 1.54) is 0 Å². The standard InChI is InChI=1S/C13H15ClN4O/c1-18(2)13-16-7-6-12(17-13)19-11-5-3-4-10(14)9(11)8-15/h3-7H,8,15H2,1-2H3. The van der Waals surface area contributed by atoms with E-state index in [9.17, 15) is 0 Å². The van der Waals surface area contributed by atoms with Crippen LogP contribution in [0.4, 0.5) is 5.95 Å². The highest BCUT2D eigenvalue weighted by atomic mass is 35.5. The zero-order valence-corrected chi connectivity index (χ0v) is 11.6. The largest absolute Gasteiger partial charge is 0.438 e. The fourth-order valence-electron chi connectivity index (χ4n) is 1.55. The maximum atomic E-state index is 6.08. The molecule has 0 unspecified atom stereocenters. The molecule has 0 radical (unpaired) electrons. The van der Waals surface area contributed by atoms with Crippen LogP contribution in [-0.2, 0) is 6.54 Å². The molecular formula is C13H15ClN4O. The van der Waals surface area contributed by atoms with Crippen molar-refractivity contribution in [3.63, 3.8) is 0 Å². The lowest BCUT2D eigenvalue weighted by Crippen LogP contribution is -2.12. The average Bonchev–Trinajstić information content (AvgIpc) is 2.39. The van der Waals surface area contributed by atoms with Crippen molar-refractivity contribution in [2.45, 2.75) is 6.54 Å². The molecular weight excluding hydrogens is 264 g/mol. The molecule has 2 aromatic rings. The molecule has 0 atom stereocenters. The van der Waals surface area contributed by atoms with Gasteiger partial charge in [0, 0.05) is 43.5 Å². The predicted octanol–water partition coefficient (Wildman–Crippen LogP) is 2.45. The van der Waals surface area contributed by atoms with Crippen LogP contribution in [0.15, 0.2) is 30.5 Å². The van der Waals surface area contributed by atoms with Gasteiger partial charge in [-0.1, -0.05) is 17.7 Å². The molecule has 100 valence electrons. The van der Waals surface area contributed by atoms with Crippen molar-refractivity contribution >= 4 is 17.5 Å². The number of aromatic nitrogens is 2. The molecule has 1 aromatic carbocycles. The molecule has 6 heteroatoms. The van der Waals surface area contributed by atoms with Gasteiger partial charge in [-0.15, -0.1) is 0 Å². The zero-order valence-electron chi connectivity index (χ0n) is 10.8. The van der Waals surface area contributed by atoms with E-state index in [1.807, 2.05) is 26.2 Å². The minimum absolute atomic E-state index is 0.306. The van der Waals surface area contributed by atoms with Crippen molar-refractivity contribution in [3.8, 4) is 11.6 Å². The summed E-state index contributed by atoms with van der Waals surface area (Å²) in [7, 11) is 3.73. The molecule has 0 aliphatic heterocycles. The second kappa shape index (κ2) is 5.86. The Hall–Kier alpha value is -1.85. The Morgan fingerprint density at radius 3 is 2.79 bits per heavy atom. The Labute approximate surface area is 117 Å². The first-order valence-electron chi connectivity index (χ1n) is 5.77. The summed E-state index contributed by atoms with van der Waals surface area (Å²) in [6.45, 7) is 0.306. The van der Waals surface area contributed by atoms with E-state index in [2.05, 4.69) is 9.97 Å². The lowest BCUT2D eigenvalue weighted by molar-refractivity contribution is 0.456. The van der Waals surface area contributed by atoms with Crippen molar-refractivity contribution in [2.24, 2.45) is 5.73 Å². The molecule has 0 bridgehead atoms. The van der Waals surface area contributed by atoms with Gasteiger partial charge in [-0.3, -0.25) is 0 Å². The highest BCUT2D eigenvalue weighted by Gasteiger charge is 2.09. The van der Waals surface area contributed by atoms with Crippen molar-refractivity contribution in [1.29, 1.82) is 0 Å². The summed E-state index contributed by atoms with van der Waals surface area (Å²) in [5, 5.41) is 0.585. The highest BCUT2D eigenvalue weighted by Crippen LogP contribution is 2.29. The van der Waals surface area contributed by atoms with Gasteiger partial charge in [-0.25, -0.2) is 4.98 Å². The molecule has 0 saturated carbocycles. The normalized spacial score (nSPS) is 10.3. The molecule has 2 rings (SSSR count). The molecule has 0 saturated heterocycles. The lowest BCUT2D eigenvalue weighted by atomic mass is 10.2. The number of anilines is 1. The van der Waals surface area contributed by atoms with Gasteiger partial charge in [0.2, 0.25) is 11.8 Å². The van der Waals surface area contributed by atoms with Crippen LogP contribution < -0.4 is 15.4 Å². The van der Waals surface area contributed by atoms with E-state index in [4.69, 9.17) is 22.1 Å². The molecule has 0 amide bonds. The van der Waals surface area contributed by atoms with Crippen molar-refractivity contribution in [3.05, 3.63) is 41.0 Å². The molecule has 5 nitrogen and oxygen atoms in total. The van der Waals surface area contributed by atoms with Crippen LogP contribution in [-0.4, -0.2) is 24.1 Å². The van der Waals surface area contributed by atoms with Gasteiger partial charge in [0.25, 0.3) is 0 Å². The van der Waals surface area contributed by atoms with Crippen molar-refractivity contribution in [1.82, 2.24) is 9.97 Å². The third-order valence-corrected chi connectivity index (χ3v) is 2.87. The number of rotatable bonds is 4. The summed E-state index contributed by atoms with van der Waals surface area (Å²) in [5.41, 5.74) is 6.44. The smallest absolute Gasteiger partial charge is 0.228 e. The van der Waals surface area contributed by atoms with Crippen molar-refractivity contribution < 1.29 is 4.74 Å². The summed E-state index contributed by atoms with van der Waals surface area (Å²) in [6.07, 6.45) is 1.64. The van der Waals surface area contributed by atoms with E-state index in [-0.39, 0.29) is 0 Å². The summed E-state index contributed by atoms with van der Waals surface area (Å²) >= 11 is 6.08. The van der Waals surface area contributed by atoms with Crippen LogP contribution in [0.25, 0.3) is 0 Å². The number of hydrogen-bond donors (Lipinski definition) is 1. The first kappa shape index (κ1) is 13.6. The van der Waals surface area contributed by atoms with Crippen LogP contribution in [0.2, 0.25) is 5.02 Å². The Morgan fingerprint density at radius 1 is 1.32 bits per heavy atom. The second-order valence-corrected chi connectivity index (χ2v) is 4.52. The molecule has 0 spiro atoms. The minimum atomic E-state index is 0.306. The van der Waals surface area contributed by atoms with Crippen LogP contribution in [0.5, 0.6) is 11.6 Å². The molecule has 2 N–H and O–H groups in total. The summed E-state index contributed by atoms with van der Waals surface area (Å²) in [5.74, 6) is 1.64. The van der Waals surface area contributed by atoms with E-state index in [1.54, 1.807) is 23.2 Å². The number of benzene rings is 1. The fraction of sp³-hybridized carbons (Fsp3) is 0.231. The molecule has 1 aromatic heterocycles. The number of nitrogens with zero attached hydrogens (tertiary/aromatic N) is 3. The Balaban J connectivity index is 2.31. The zero-order chi connectivity index (χ0) is 13.8. The van der Waals surface area contributed by atoms with E-state index in [0.717, 1.165) is 5.56 Å². The maximum absolute atomic E-state index is 6.08.